The summed E-state index contributed by atoms with van der Waals surface area (Å²) in [6, 6.07) is 7.96. The van der Waals surface area contributed by atoms with E-state index in [2.05, 4.69) is 45.5 Å². The average Bonchev–Trinajstić information content (AvgIpc) is 3.23. The maximum absolute atomic E-state index is 15.1. The van der Waals surface area contributed by atoms with Gasteiger partial charge in [-0.05, 0) is 79.4 Å². The average molecular weight is 706 g/mol. The second kappa shape index (κ2) is 12.6. The molecule has 1 aromatic carbocycles. The van der Waals surface area contributed by atoms with E-state index in [1.54, 1.807) is 6.07 Å². The van der Waals surface area contributed by atoms with Crippen molar-refractivity contribution in [3.05, 3.63) is 38.8 Å². The fourth-order valence-corrected chi connectivity index (χ4v) is 7.63. The highest BCUT2D eigenvalue weighted by molar-refractivity contribution is 14.1. The van der Waals surface area contributed by atoms with Gasteiger partial charge in [-0.1, -0.05) is 26.8 Å². The van der Waals surface area contributed by atoms with Crippen LogP contribution in [0, 0.1) is 26.1 Å². The van der Waals surface area contributed by atoms with Crippen molar-refractivity contribution in [2.75, 3.05) is 56.2 Å². The number of nitrogens with zero attached hydrogens (tertiary/aromatic N) is 7. The molecule has 2 aromatic rings. The molecule has 2 saturated heterocycles. The van der Waals surface area contributed by atoms with Crippen LogP contribution in [0.5, 0.6) is 6.01 Å². The van der Waals surface area contributed by atoms with Gasteiger partial charge >= 0.3 is 12.1 Å². The number of halogens is 2. The van der Waals surface area contributed by atoms with Crippen LogP contribution >= 0.6 is 22.6 Å². The molecule has 1 amide bonds. The van der Waals surface area contributed by atoms with Crippen LogP contribution in [0.2, 0.25) is 0 Å². The Kier molecular flexibility index (Phi) is 9.23. The molecule has 0 unspecified atom stereocenters. The lowest BCUT2D eigenvalue weighted by molar-refractivity contribution is -0.00290. The van der Waals surface area contributed by atoms with E-state index < -0.39 is 17.0 Å². The molecule has 1 N–H and O–H groups in total. The summed E-state index contributed by atoms with van der Waals surface area (Å²) in [6.07, 6.45) is 2.68. The maximum Gasteiger partial charge on any atom is 0.407 e. The van der Waals surface area contributed by atoms with Crippen molar-refractivity contribution in [3.63, 3.8) is 0 Å². The molecule has 10 nitrogen and oxygen atoms in total. The van der Waals surface area contributed by atoms with Crippen LogP contribution in [0.1, 0.15) is 57.7 Å². The van der Waals surface area contributed by atoms with Gasteiger partial charge in [-0.15, -0.1) is 0 Å². The first-order valence-electron chi connectivity index (χ1n) is 15.0. The largest absolute Gasteiger partial charge is 0.465 e. The Balaban J connectivity index is 1.57. The Morgan fingerprint density at radius 1 is 1.21 bits per heavy atom. The van der Waals surface area contributed by atoms with Crippen molar-refractivity contribution in [2.45, 2.75) is 71.0 Å². The van der Waals surface area contributed by atoms with Crippen LogP contribution < -0.4 is 14.5 Å². The summed E-state index contributed by atoms with van der Waals surface area (Å²) in [6.45, 7) is 9.52. The van der Waals surface area contributed by atoms with Gasteiger partial charge in [0.1, 0.15) is 18.2 Å². The Labute approximate surface area is 267 Å². The van der Waals surface area contributed by atoms with Crippen LogP contribution in [0.3, 0.4) is 0 Å². The molecular weight excluding hydrogens is 664 g/mol. The Hall–Kier alpha value is -2.92. The number of carbonyl (C=O) groups is 1. The van der Waals surface area contributed by atoms with Gasteiger partial charge in [-0.3, -0.25) is 4.90 Å². The molecule has 0 bridgehead atoms. The second-order valence-electron chi connectivity index (χ2n) is 12.9. The lowest BCUT2D eigenvalue weighted by atomic mass is 9.69. The minimum absolute atomic E-state index is 0.0590. The fourth-order valence-electron chi connectivity index (χ4n) is 6.82. The number of aromatic nitrogens is 2. The number of hydrogen-bond donors (Lipinski definition) is 1. The van der Waals surface area contributed by atoms with Crippen molar-refractivity contribution >= 4 is 40.2 Å². The van der Waals surface area contributed by atoms with Gasteiger partial charge in [0.15, 0.2) is 0 Å². The number of fused-ring (bicyclic) bond motifs is 1. The molecule has 3 aliphatic rings. The zero-order valence-electron chi connectivity index (χ0n) is 25.4. The van der Waals surface area contributed by atoms with E-state index in [0.29, 0.717) is 44.9 Å². The normalized spacial score (nSPS) is 23.1. The summed E-state index contributed by atoms with van der Waals surface area (Å²) in [7, 11) is 2.10. The van der Waals surface area contributed by atoms with E-state index in [4.69, 9.17) is 14.7 Å². The number of carboxylic acid groups (broad SMARTS) is 1. The summed E-state index contributed by atoms with van der Waals surface area (Å²) >= 11 is 2.18. The first kappa shape index (κ1) is 31.5. The minimum atomic E-state index is -1.02. The summed E-state index contributed by atoms with van der Waals surface area (Å²) in [4.78, 5) is 30.2. The van der Waals surface area contributed by atoms with Crippen molar-refractivity contribution in [1.29, 1.82) is 5.26 Å². The predicted octanol–water partition coefficient (Wildman–Crippen LogP) is 5.14. The van der Waals surface area contributed by atoms with Crippen molar-refractivity contribution in [3.8, 4) is 12.1 Å². The quantitative estimate of drug-likeness (QED) is 0.409. The molecule has 1 aromatic heterocycles. The number of ether oxygens (including phenoxy) is 1. The van der Waals surface area contributed by atoms with E-state index in [1.165, 1.54) is 11.0 Å². The Morgan fingerprint density at radius 3 is 2.65 bits per heavy atom. The third kappa shape index (κ3) is 6.20. The fraction of sp³-hybridized carbons (Fsp3) is 0.613. The molecule has 0 radical (unpaired) electrons. The molecule has 2 fully saturated rings. The first-order chi connectivity index (χ1) is 20.4. The van der Waals surface area contributed by atoms with E-state index >= 15 is 4.39 Å². The molecule has 0 spiro atoms. The highest BCUT2D eigenvalue weighted by Crippen LogP contribution is 2.43. The van der Waals surface area contributed by atoms with Gasteiger partial charge in [0.2, 0.25) is 0 Å². The zero-order chi connectivity index (χ0) is 30.9. The maximum atomic E-state index is 15.1. The van der Waals surface area contributed by atoms with Crippen LogP contribution in [-0.4, -0.2) is 88.9 Å². The monoisotopic (exact) mass is 705 g/mol. The van der Waals surface area contributed by atoms with Crippen LogP contribution in [0.15, 0.2) is 18.2 Å². The van der Waals surface area contributed by atoms with Crippen molar-refractivity contribution < 1.29 is 19.0 Å². The number of rotatable bonds is 6. The summed E-state index contributed by atoms with van der Waals surface area (Å²) in [5.41, 5.74) is 0.870. The third-order valence-electron chi connectivity index (χ3n) is 9.44. The molecule has 3 aliphatic heterocycles. The number of amides is 1. The smallest absolute Gasteiger partial charge is 0.407 e. The lowest BCUT2D eigenvalue weighted by Crippen LogP contribution is -2.69. The van der Waals surface area contributed by atoms with Crippen LogP contribution in [0.4, 0.5) is 20.7 Å². The van der Waals surface area contributed by atoms with Crippen molar-refractivity contribution in [1.82, 2.24) is 19.8 Å². The number of likely N-dealkylation sites (N-methyl/N-ethyl adjacent to an activating group) is 1. The highest BCUT2D eigenvalue weighted by Gasteiger charge is 2.52. The first-order valence-corrected chi connectivity index (χ1v) is 16.1. The SMILES string of the molecule is CN1CCC[C@H]1COc1nc2c(c(N3CCN(C(=O)O)[C@@](CC#N)(C(C)(C)C)C3)n1)CCCN(c1c(F)cccc1I)C2. The second-order valence-corrected chi connectivity index (χ2v) is 14.1. The zero-order valence-corrected chi connectivity index (χ0v) is 27.6. The lowest BCUT2D eigenvalue weighted by Gasteiger charge is -2.55. The van der Waals surface area contributed by atoms with Gasteiger partial charge in [0, 0.05) is 41.4 Å². The van der Waals surface area contributed by atoms with Crippen molar-refractivity contribution in [2.24, 2.45) is 5.41 Å². The van der Waals surface area contributed by atoms with E-state index in [9.17, 15) is 15.2 Å². The van der Waals surface area contributed by atoms with Gasteiger partial charge in [0.25, 0.3) is 0 Å². The van der Waals surface area contributed by atoms with Gasteiger partial charge in [-0.2, -0.15) is 15.2 Å². The third-order valence-corrected chi connectivity index (χ3v) is 10.3. The van der Waals surface area contributed by atoms with Gasteiger partial charge in [0.05, 0.1) is 36.0 Å². The van der Waals surface area contributed by atoms with E-state index in [-0.39, 0.29) is 30.8 Å². The number of nitriles is 1. The molecule has 5 rings (SSSR count). The van der Waals surface area contributed by atoms with Crippen LogP contribution in [0.25, 0.3) is 0 Å². The number of para-hydroxylation sites is 1. The molecule has 4 heterocycles. The van der Waals surface area contributed by atoms with Gasteiger partial charge < -0.3 is 24.5 Å². The number of piperazine rings is 1. The number of benzene rings is 1. The Morgan fingerprint density at radius 2 is 2.00 bits per heavy atom. The summed E-state index contributed by atoms with van der Waals surface area (Å²) in [5, 5.41) is 20.1. The highest BCUT2D eigenvalue weighted by atomic mass is 127. The number of likely N-dealkylation sites (tertiary alicyclic amines) is 1. The molecule has 43 heavy (non-hydrogen) atoms. The van der Waals surface area contributed by atoms with E-state index in [1.807, 2.05) is 31.7 Å². The van der Waals surface area contributed by atoms with Crippen LogP contribution in [-0.2, 0) is 13.0 Å². The Bertz CT molecular complexity index is 1380. The molecule has 12 heteroatoms. The van der Waals surface area contributed by atoms with Gasteiger partial charge in [-0.25, -0.2) is 9.18 Å². The number of anilines is 2. The molecule has 0 saturated carbocycles. The summed E-state index contributed by atoms with van der Waals surface area (Å²) < 4.78 is 22.2. The summed E-state index contributed by atoms with van der Waals surface area (Å²) in [5.74, 6) is 0.461. The van der Waals surface area contributed by atoms with E-state index in [0.717, 1.165) is 46.5 Å². The topological polar surface area (TPSA) is 109 Å². The molecule has 2 atom stereocenters. The molecule has 232 valence electrons. The predicted molar refractivity (Wildman–Crippen MR) is 171 cm³/mol. The minimum Gasteiger partial charge on any atom is -0.465 e. The molecule has 0 aliphatic carbocycles. The molecular formula is C31H41FIN7O3. The number of hydrogen-bond acceptors (Lipinski definition) is 8. The standard InChI is InChI=1S/C31H41FIN7O3/c1-30(2,3)31(12-13-34)20-39(16-17-40(31)29(41)42)27-22-9-7-15-38(26-23(32)10-5-11-24(26)33)18-25(22)35-28(36-27)43-19-21-8-6-14-37(21)4/h5,10-11,21H,6-9,12,14-20H2,1-4H3,(H,41,42)/t21-,31+/m0/s1.